The normalized spacial score (nSPS) is 18.7. The molecule has 1 amide bonds. The molecule has 0 saturated carbocycles. The average molecular weight is 280 g/mol. The maximum absolute atomic E-state index is 12.4. The first kappa shape index (κ1) is 14.3. The molecule has 1 N–H and O–H groups in total. The Hall–Kier alpha value is -2.15. The summed E-state index contributed by atoms with van der Waals surface area (Å²) in [6.45, 7) is 0.842. The minimum absolute atomic E-state index is 0.128. The van der Waals surface area contributed by atoms with Crippen LogP contribution in [0.5, 0.6) is 5.75 Å². The molecule has 108 valence electrons. The Kier molecular flexibility index (Phi) is 4.19. The molecule has 0 aromatic heterocycles. The van der Waals surface area contributed by atoms with Crippen molar-refractivity contribution in [2.45, 2.75) is 18.9 Å². The number of carbonyl (C=O) groups excluding carboxylic acids is 1. The van der Waals surface area contributed by atoms with E-state index in [9.17, 15) is 20.0 Å². The molecule has 7 heteroatoms. The molecule has 0 spiro atoms. The van der Waals surface area contributed by atoms with Crippen LogP contribution in [0.4, 0.5) is 5.69 Å². The molecular weight excluding hydrogens is 264 g/mol. The number of nitro groups is 1. The summed E-state index contributed by atoms with van der Waals surface area (Å²) in [6, 6.07) is 3.89. The van der Waals surface area contributed by atoms with Gasteiger partial charge in [0.1, 0.15) is 5.75 Å². The number of nitrogens with zero attached hydrogens (tertiary/aromatic N) is 2. The fourth-order valence-electron chi connectivity index (χ4n) is 2.28. The van der Waals surface area contributed by atoms with Crippen molar-refractivity contribution >= 4 is 11.6 Å². The molecule has 1 fully saturated rings. The van der Waals surface area contributed by atoms with E-state index in [1.807, 2.05) is 0 Å². The van der Waals surface area contributed by atoms with Crippen LogP contribution in [-0.4, -0.2) is 47.1 Å². The van der Waals surface area contributed by atoms with Gasteiger partial charge >= 0.3 is 0 Å². The first-order valence-electron chi connectivity index (χ1n) is 6.32. The number of hydrogen-bond acceptors (Lipinski definition) is 5. The minimum Gasteiger partial charge on any atom is -0.496 e. The summed E-state index contributed by atoms with van der Waals surface area (Å²) in [7, 11) is 1.36. The lowest BCUT2D eigenvalue weighted by atomic mass is 10.1. The molecule has 1 saturated heterocycles. The van der Waals surface area contributed by atoms with Gasteiger partial charge in [0.15, 0.2) is 0 Å². The zero-order valence-corrected chi connectivity index (χ0v) is 11.1. The van der Waals surface area contributed by atoms with E-state index in [1.54, 1.807) is 0 Å². The molecule has 0 radical (unpaired) electrons. The van der Waals surface area contributed by atoms with E-state index in [1.165, 1.54) is 30.2 Å². The lowest BCUT2D eigenvalue weighted by molar-refractivity contribution is -0.384. The summed E-state index contributed by atoms with van der Waals surface area (Å²) in [5.41, 5.74) is 0.143. The van der Waals surface area contributed by atoms with E-state index < -0.39 is 11.0 Å². The third-order valence-electron chi connectivity index (χ3n) is 3.31. The maximum Gasteiger partial charge on any atom is 0.273 e. The van der Waals surface area contributed by atoms with E-state index in [4.69, 9.17) is 4.74 Å². The lowest BCUT2D eigenvalue weighted by Crippen LogP contribution is -2.42. The standard InChI is InChI=1S/C13H16N2O5/c1-20-12-7-9(15(18)19)4-5-11(12)13(17)14-6-2-3-10(16)8-14/h4-5,7,10,16H,2-3,6,8H2,1H3. The predicted molar refractivity (Wildman–Crippen MR) is 70.8 cm³/mol. The van der Waals surface area contributed by atoms with Crippen molar-refractivity contribution in [2.75, 3.05) is 20.2 Å². The Labute approximate surface area is 115 Å². The Morgan fingerprint density at radius 2 is 2.30 bits per heavy atom. The van der Waals surface area contributed by atoms with Gasteiger partial charge in [-0.2, -0.15) is 0 Å². The summed E-state index contributed by atoms with van der Waals surface area (Å²) >= 11 is 0. The van der Waals surface area contributed by atoms with E-state index in [2.05, 4.69) is 0 Å². The number of β-amino-alcohol motifs (C(OH)–C–C–N with tert-alkyl or cyclic N) is 1. The van der Waals surface area contributed by atoms with Gasteiger partial charge in [-0.05, 0) is 18.9 Å². The number of methoxy groups -OCH3 is 1. The fraction of sp³-hybridized carbons (Fsp3) is 0.462. The Morgan fingerprint density at radius 1 is 1.55 bits per heavy atom. The number of non-ortho nitro benzene ring substituents is 1. The van der Waals surface area contributed by atoms with Crippen molar-refractivity contribution in [3.63, 3.8) is 0 Å². The highest BCUT2D eigenvalue weighted by molar-refractivity contribution is 5.97. The third kappa shape index (κ3) is 2.88. The van der Waals surface area contributed by atoms with Crippen LogP contribution in [0, 0.1) is 10.1 Å². The molecule has 1 aromatic rings. The maximum atomic E-state index is 12.4. The van der Waals surface area contributed by atoms with Crippen molar-refractivity contribution in [3.05, 3.63) is 33.9 Å². The van der Waals surface area contributed by atoms with Crippen molar-refractivity contribution in [1.82, 2.24) is 4.90 Å². The van der Waals surface area contributed by atoms with Gasteiger partial charge in [-0.1, -0.05) is 0 Å². The second-order valence-electron chi connectivity index (χ2n) is 4.69. The number of benzene rings is 1. The van der Waals surface area contributed by atoms with Crippen LogP contribution >= 0.6 is 0 Å². The van der Waals surface area contributed by atoms with Crippen molar-refractivity contribution in [3.8, 4) is 5.75 Å². The van der Waals surface area contributed by atoms with Crippen LogP contribution in [0.1, 0.15) is 23.2 Å². The highest BCUT2D eigenvalue weighted by Gasteiger charge is 2.26. The van der Waals surface area contributed by atoms with E-state index in [-0.39, 0.29) is 29.5 Å². The predicted octanol–water partition coefficient (Wildman–Crippen LogP) is 1.20. The van der Waals surface area contributed by atoms with Crippen LogP contribution in [-0.2, 0) is 0 Å². The highest BCUT2D eigenvalue weighted by atomic mass is 16.6. The van der Waals surface area contributed by atoms with Crippen LogP contribution in [0.15, 0.2) is 18.2 Å². The van der Waals surface area contributed by atoms with Crippen molar-refractivity contribution < 1.29 is 19.6 Å². The summed E-state index contributed by atoms with van der Waals surface area (Å²) in [4.78, 5) is 24.1. The molecule has 1 aromatic carbocycles. The SMILES string of the molecule is COc1cc([N+](=O)[O-])ccc1C(=O)N1CCCC(O)C1. The largest absolute Gasteiger partial charge is 0.496 e. The van der Waals surface area contributed by atoms with E-state index in [0.717, 1.165) is 6.42 Å². The number of aliphatic hydroxyl groups excluding tert-OH is 1. The average Bonchev–Trinajstić information content (AvgIpc) is 2.45. The fourth-order valence-corrected chi connectivity index (χ4v) is 2.28. The van der Waals surface area contributed by atoms with Gasteiger partial charge in [-0.3, -0.25) is 14.9 Å². The smallest absolute Gasteiger partial charge is 0.273 e. The van der Waals surface area contributed by atoms with Gasteiger partial charge in [0.25, 0.3) is 11.6 Å². The lowest BCUT2D eigenvalue weighted by Gasteiger charge is -2.30. The summed E-state index contributed by atoms with van der Waals surface area (Å²) in [6.07, 6.45) is 0.903. The number of aliphatic hydroxyl groups is 1. The van der Waals surface area contributed by atoms with Gasteiger partial charge in [0.2, 0.25) is 0 Å². The van der Waals surface area contributed by atoms with Gasteiger partial charge < -0.3 is 14.7 Å². The molecular formula is C13H16N2O5. The minimum atomic E-state index is -0.540. The second-order valence-corrected chi connectivity index (χ2v) is 4.69. The molecule has 7 nitrogen and oxygen atoms in total. The molecule has 1 heterocycles. The summed E-state index contributed by atoms with van der Waals surface area (Å²) < 4.78 is 5.06. The van der Waals surface area contributed by atoms with E-state index >= 15 is 0 Å². The number of rotatable bonds is 3. The Morgan fingerprint density at radius 3 is 2.90 bits per heavy atom. The van der Waals surface area contributed by atoms with Crippen LogP contribution in [0.25, 0.3) is 0 Å². The quantitative estimate of drug-likeness (QED) is 0.663. The summed E-state index contributed by atoms with van der Waals surface area (Å²) in [5.74, 6) is -0.111. The molecule has 1 unspecified atom stereocenters. The van der Waals surface area contributed by atoms with Crippen molar-refractivity contribution in [1.29, 1.82) is 0 Å². The second kappa shape index (κ2) is 5.87. The topological polar surface area (TPSA) is 92.9 Å². The van der Waals surface area contributed by atoms with Crippen molar-refractivity contribution in [2.24, 2.45) is 0 Å². The van der Waals surface area contributed by atoms with Gasteiger partial charge in [-0.25, -0.2) is 0 Å². The third-order valence-corrected chi connectivity index (χ3v) is 3.31. The number of ether oxygens (including phenoxy) is 1. The monoisotopic (exact) mass is 280 g/mol. The zero-order chi connectivity index (χ0) is 14.7. The van der Waals surface area contributed by atoms with Gasteiger partial charge in [-0.15, -0.1) is 0 Å². The van der Waals surface area contributed by atoms with Gasteiger partial charge in [0.05, 0.1) is 29.8 Å². The highest BCUT2D eigenvalue weighted by Crippen LogP contribution is 2.26. The zero-order valence-electron chi connectivity index (χ0n) is 11.1. The first-order chi connectivity index (χ1) is 9.52. The molecule has 0 bridgehead atoms. The first-order valence-corrected chi connectivity index (χ1v) is 6.32. The number of likely N-dealkylation sites (tertiary alicyclic amines) is 1. The summed E-state index contributed by atoms with van der Waals surface area (Å²) in [5, 5.41) is 20.3. The molecule has 1 atom stereocenters. The van der Waals surface area contributed by atoms with Gasteiger partial charge in [0, 0.05) is 19.2 Å². The molecule has 20 heavy (non-hydrogen) atoms. The Balaban J connectivity index is 2.27. The van der Waals surface area contributed by atoms with Crippen LogP contribution in [0.2, 0.25) is 0 Å². The molecule has 1 aliphatic rings. The number of hydrogen-bond donors (Lipinski definition) is 1. The number of piperidine rings is 1. The van der Waals surface area contributed by atoms with Crippen LogP contribution in [0.3, 0.4) is 0 Å². The molecule has 0 aliphatic carbocycles. The molecule has 2 rings (SSSR count). The number of carbonyl (C=O) groups is 1. The van der Waals surface area contributed by atoms with Crippen LogP contribution < -0.4 is 4.74 Å². The van der Waals surface area contributed by atoms with E-state index in [0.29, 0.717) is 13.0 Å². The Bertz CT molecular complexity index is 531. The number of nitro benzene ring substituents is 1. The molecule has 1 aliphatic heterocycles. The number of amides is 1.